The number of anilines is 3. The zero-order valence-corrected chi connectivity index (χ0v) is 16.9. The third-order valence-corrected chi connectivity index (χ3v) is 4.62. The maximum atomic E-state index is 13.9. The number of para-hydroxylation sites is 1. The summed E-state index contributed by atoms with van der Waals surface area (Å²) in [5, 5.41) is 5.64. The molecular formula is C23H23FN4O2. The van der Waals surface area contributed by atoms with Gasteiger partial charge in [-0.25, -0.2) is 9.37 Å². The molecule has 2 aromatic carbocycles. The number of rotatable bonds is 7. The SMILES string of the molecule is CCN(CC)C(=O)c1ccc(NC(=O)c2cccnc2Nc2ccccc2F)cc1. The standard InChI is InChI=1S/C23H23FN4O2/c1-3-28(4-2)23(30)16-11-13-17(14-12-16)26-22(29)18-8-7-15-25-21(18)27-20-10-6-5-9-19(20)24/h5-15H,3-4H2,1-2H3,(H,25,27)(H,26,29). The molecule has 1 heterocycles. The van der Waals surface area contributed by atoms with Crippen LogP contribution in [0.5, 0.6) is 0 Å². The Hall–Kier alpha value is -3.74. The lowest BCUT2D eigenvalue weighted by Gasteiger charge is -2.18. The van der Waals surface area contributed by atoms with E-state index in [4.69, 9.17) is 0 Å². The second kappa shape index (κ2) is 9.65. The highest BCUT2D eigenvalue weighted by molar-refractivity contribution is 6.08. The summed E-state index contributed by atoms with van der Waals surface area (Å²) in [6, 6.07) is 16.1. The van der Waals surface area contributed by atoms with Gasteiger partial charge >= 0.3 is 0 Å². The molecule has 7 heteroatoms. The number of carbonyl (C=O) groups excluding carboxylic acids is 2. The number of carbonyl (C=O) groups is 2. The van der Waals surface area contributed by atoms with E-state index in [0.29, 0.717) is 24.3 Å². The number of hydrogen-bond donors (Lipinski definition) is 2. The first-order valence-corrected chi connectivity index (χ1v) is 9.70. The molecule has 0 radical (unpaired) electrons. The van der Waals surface area contributed by atoms with Crippen LogP contribution in [-0.4, -0.2) is 34.8 Å². The topological polar surface area (TPSA) is 74.3 Å². The summed E-state index contributed by atoms with van der Waals surface area (Å²) < 4.78 is 13.9. The van der Waals surface area contributed by atoms with Gasteiger partial charge in [0, 0.05) is 30.5 Å². The minimum atomic E-state index is -0.442. The summed E-state index contributed by atoms with van der Waals surface area (Å²) in [7, 11) is 0. The number of benzene rings is 2. The van der Waals surface area contributed by atoms with Crippen molar-refractivity contribution in [3.8, 4) is 0 Å². The van der Waals surface area contributed by atoms with E-state index in [1.807, 2.05) is 13.8 Å². The molecule has 6 nitrogen and oxygen atoms in total. The molecule has 0 aliphatic heterocycles. The molecule has 0 saturated heterocycles. The fourth-order valence-corrected chi connectivity index (χ4v) is 2.97. The molecule has 0 unspecified atom stereocenters. The van der Waals surface area contributed by atoms with Crippen LogP contribution >= 0.6 is 0 Å². The second-order valence-corrected chi connectivity index (χ2v) is 6.51. The Bertz CT molecular complexity index is 1030. The largest absolute Gasteiger partial charge is 0.339 e. The monoisotopic (exact) mass is 406 g/mol. The predicted molar refractivity (Wildman–Crippen MR) is 116 cm³/mol. The molecule has 3 aromatic rings. The molecule has 0 fully saturated rings. The van der Waals surface area contributed by atoms with Gasteiger partial charge in [0.25, 0.3) is 11.8 Å². The van der Waals surface area contributed by atoms with Gasteiger partial charge in [-0.3, -0.25) is 9.59 Å². The highest BCUT2D eigenvalue weighted by Crippen LogP contribution is 2.22. The molecule has 0 aliphatic rings. The van der Waals surface area contributed by atoms with Crippen LogP contribution in [0.2, 0.25) is 0 Å². The zero-order valence-electron chi connectivity index (χ0n) is 16.9. The Kier molecular flexibility index (Phi) is 6.75. The summed E-state index contributed by atoms with van der Waals surface area (Å²) >= 11 is 0. The number of nitrogens with one attached hydrogen (secondary N) is 2. The van der Waals surface area contributed by atoms with Crippen LogP contribution in [-0.2, 0) is 0 Å². The van der Waals surface area contributed by atoms with E-state index in [1.54, 1.807) is 59.5 Å². The molecule has 0 saturated carbocycles. The predicted octanol–water partition coefficient (Wildman–Crippen LogP) is 4.70. The van der Waals surface area contributed by atoms with Crippen LogP contribution in [0.1, 0.15) is 34.6 Å². The number of halogens is 1. The summed E-state index contributed by atoms with van der Waals surface area (Å²) in [5.41, 5.74) is 1.59. The van der Waals surface area contributed by atoms with E-state index >= 15 is 0 Å². The van der Waals surface area contributed by atoms with Crippen molar-refractivity contribution in [2.24, 2.45) is 0 Å². The van der Waals surface area contributed by atoms with E-state index in [0.717, 1.165) is 0 Å². The van der Waals surface area contributed by atoms with Crippen LogP contribution in [0.4, 0.5) is 21.6 Å². The zero-order chi connectivity index (χ0) is 21.5. The number of hydrogen-bond acceptors (Lipinski definition) is 4. The quantitative estimate of drug-likeness (QED) is 0.597. The van der Waals surface area contributed by atoms with E-state index in [2.05, 4.69) is 15.6 Å². The van der Waals surface area contributed by atoms with Crippen LogP contribution in [0, 0.1) is 5.82 Å². The van der Waals surface area contributed by atoms with Crippen molar-refractivity contribution < 1.29 is 14.0 Å². The van der Waals surface area contributed by atoms with Gasteiger partial charge in [-0.15, -0.1) is 0 Å². The van der Waals surface area contributed by atoms with E-state index < -0.39 is 11.7 Å². The molecule has 0 bridgehead atoms. The van der Waals surface area contributed by atoms with Gasteiger partial charge in [0.05, 0.1) is 11.3 Å². The van der Waals surface area contributed by atoms with Crippen molar-refractivity contribution in [2.45, 2.75) is 13.8 Å². The first kappa shape index (κ1) is 21.0. The van der Waals surface area contributed by atoms with E-state index in [1.165, 1.54) is 12.3 Å². The Morgan fingerprint density at radius 3 is 2.33 bits per heavy atom. The van der Waals surface area contributed by atoms with Crippen molar-refractivity contribution in [2.75, 3.05) is 23.7 Å². The highest BCUT2D eigenvalue weighted by atomic mass is 19.1. The molecule has 3 rings (SSSR count). The third kappa shape index (κ3) is 4.81. The van der Waals surface area contributed by atoms with E-state index in [9.17, 15) is 14.0 Å². The summed E-state index contributed by atoms with van der Waals surface area (Å²) in [6.07, 6.45) is 1.52. The van der Waals surface area contributed by atoms with Gasteiger partial charge in [0.15, 0.2) is 0 Å². The number of amides is 2. The van der Waals surface area contributed by atoms with Gasteiger partial charge in [0.2, 0.25) is 0 Å². The Balaban J connectivity index is 1.75. The lowest BCUT2D eigenvalue weighted by Crippen LogP contribution is -2.30. The maximum absolute atomic E-state index is 13.9. The first-order chi connectivity index (χ1) is 14.5. The minimum Gasteiger partial charge on any atom is -0.339 e. The van der Waals surface area contributed by atoms with E-state index in [-0.39, 0.29) is 23.0 Å². The van der Waals surface area contributed by atoms with Crippen molar-refractivity contribution in [1.29, 1.82) is 0 Å². The lowest BCUT2D eigenvalue weighted by molar-refractivity contribution is 0.0773. The Morgan fingerprint density at radius 1 is 0.967 bits per heavy atom. The fraction of sp³-hybridized carbons (Fsp3) is 0.174. The molecule has 0 atom stereocenters. The number of aromatic nitrogens is 1. The molecule has 0 spiro atoms. The molecule has 2 N–H and O–H groups in total. The van der Waals surface area contributed by atoms with Gasteiger partial charge in [0.1, 0.15) is 11.6 Å². The number of nitrogens with zero attached hydrogens (tertiary/aromatic N) is 2. The molecule has 30 heavy (non-hydrogen) atoms. The molecule has 154 valence electrons. The molecule has 1 aromatic heterocycles. The van der Waals surface area contributed by atoms with Crippen molar-refractivity contribution >= 4 is 29.0 Å². The normalized spacial score (nSPS) is 10.4. The van der Waals surface area contributed by atoms with Crippen LogP contribution in [0.25, 0.3) is 0 Å². The fourth-order valence-electron chi connectivity index (χ4n) is 2.97. The smallest absolute Gasteiger partial charge is 0.259 e. The van der Waals surface area contributed by atoms with Gasteiger partial charge in [-0.1, -0.05) is 12.1 Å². The summed E-state index contributed by atoms with van der Waals surface area (Å²) in [4.78, 5) is 31.1. The molecular weight excluding hydrogens is 383 g/mol. The lowest BCUT2D eigenvalue weighted by atomic mass is 10.1. The van der Waals surface area contributed by atoms with Gasteiger partial charge in [-0.05, 0) is 62.4 Å². The summed E-state index contributed by atoms with van der Waals surface area (Å²) in [5.74, 6) is -0.650. The van der Waals surface area contributed by atoms with Crippen molar-refractivity contribution in [3.05, 3.63) is 83.8 Å². The van der Waals surface area contributed by atoms with Gasteiger partial charge < -0.3 is 15.5 Å². The maximum Gasteiger partial charge on any atom is 0.259 e. The van der Waals surface area contributed by atoms with Crippen LogP contribution < -0.4 is 10.6 Å². The summed E-state index contributed by atoms with van der Waals surface area (Å²) in [6.45, 7) is 5.12. The Morgan fingerprint density at radius 2 is 1.67 bits per heavy atom. The average molecular weight is 406 g/mol. The number of pyridine rings is 1. The van der Waals surface area contributed by atoms with Crippen LogP contribution in [0.3, 0.4) is 0 Å². The van der Waals surface area contributed by atoms with Gasteiger partial charge in [-0.2, -0.15) is 0 Å². The minimum absolute atomic E-state index is 0.0542. The molecule has 0 aliphatic carbocycles. The first-order valence-electron chi connectivity index (χ1n) is 9.70. The van der Waals surface area contributed by atoms with Crippen LogP contribution in [0.15, 0.2) is 66.9 Å². The molecule has 2 amide bonds. The third-order valence-electron chi connectivity index (χ3n) is 4.62. The average Bonchev–Trinajstić information content (AvgIpc) is 2.77. The highest BCUT2D eigenvalue weighted by Gasteiger charge is 2.15. The van der Waals surface area contributed by atoms with Crippen molar-refractivity contribution in [1.82, 2.24) is 9.88 Å². The second-order valence-electron chi connectivity index (χ2n) is 6.51. The Labute approximate surface area is 174 Å². The van der Waals surface area contributed by atoms with Crippen molar-refractivity contribution in [3.63, 3.8) is 0 Å².